The van der Waals surface area contributed by atoms with Crippen molar-refractivity contribution >= 4 is 5.78 Å². The summed E-state index contributed by atoms with van der Waals surface area (Å²) in [5, 5.41) is 10.1. The Morgan fingerprint density at radius 2 is 0.706 bits per heavy atom. The third-order valence-corrected chi connectivity index (χ3v) is 7.44. The van der Waals surface area contributed by atoms with E-state index in [1.165, 1.54) is 141 Å². The lowest BCUT2D eigenvalue weighted by Crippen LogP contribution is -2.05. The van der Waals surface area contributed by atoms with E-state index in [1.54, 1.807) is 0 Å². The third-order valence-electron chi connectivity index (χ3n) is 7.44. The lowest BCUT2D eigenvalue weighted by atomic mass is 10.0. The van der Waals surface area contributed by atoms with Gasteiger partial charge in [-0.1, -0.05) is 155 Å². The lowest BCUT2D eigenvalue weighted by Gasteiger charge is -2.10. The highest BCUT2D eigenvalue weighted by atomic mass is 16.3. The number of aliphatic hydroxyl groups is 1. The average molecular weight is 481 g/mol. The van der Waals surface area contributed by atoms with E-state index in [0.29, 0.717) is 5.78 Å². The first-order valence-electron chi connectivity index (χ1n) is 15.9. The molecule has 0 spiro atoms. The number of aliphatic hydroxyl groups excluding tert-OH is 1. The van der Waals surface area contributed by atoms with E-state index in [9.17, 15) is 9.90 Å². The summed E-state index contributed by atoms with van der Waals surface area (Å²) in [5.41, 5.74) is 0. The molecule has 1 N–H and O–H groups in total. The Balaban J connectivity index is 3.14. The SMILES string of the molecule is CCCCCCCC(O)CCCCCCCCCCCCCCCCCCC(=O)CCCCC. The molecule has 2 heteroatoms. The smallest absolute Gasteiger partial charge is 0.132 e. The molecule has 0 aliphatic heterocycles. The van der Waals surface area contributed by atoms with Crippen LogP contribution in [0.3, 0.4) is 0 Å². The van der Waals surface area contributed by atoms with Gasteiger partial charge in [0.2, 0.25) is 0 Å². The summed E-state index contributed by atoms with van der Waals surface area (Å²) < 4.78 is 0. The van der Waals surface area contributed by atoms with Crippen molar-refractivity contribution in [1.29, 1.82) is 0 Å². The van der Waals surface area contributed by atoms with Crippen LogP contribution in [0.2, 0.25) is 0 Å². The summed E-state index contributed by atoms with van der Waals surface area (Å²) >= 11 is 0. The fourth-order valence-electron chi connectivity index (χ4n) is 5.00. The number of hydrogen-bond acceptors (Lipinski definition) is 2. The summed E-state index contributed by atoms with van der Waals surface area (Å²) in [6.07, 6.45) is 35.2. The van der Waals surface area contributed by atoms with Crippen LogP contribution in [0.1, 0.15) is 194 Å². The Morgan fingerprint density at radius 3 is 1.09 bits per heavy atom. The molecule has 2 nitrogen and oxygen atoms in total. The fourth-order valence-corrected chi connectivity index (χ4v) is 5.00. The van der Waals surface area contributed by atoms with Crippen LogP contribution in [0.4, 0.5) is 0 Å². The summed E-state index contributed by atoms with van der Waals surface area (Å²) in [6, 6.07) is 0. The normalized spacial score (nSPS) is 12.3. The molecule has 0 heterocycles. The van der Waals surface area contributed by atoms with Gasteiger partial charge in [0.1, 0.15) is 5.78 Å². The van der Waals surface area contributed by atoms with Crippen molar-refractivity contribution in [3.05, 3.63) is 0 Å². The number of rotatable bonds is 29. The molecule has 34 heavy (non-hydrogen) atoms. The zero-order valence-corrected chi connectivity index (χ0v) is 23.7. The average Bonchev–Trinajstić information content (AvgIpc) is 2.83. The molecule has 0 fully saturated rings. The summed E-state index contributed by atoms with van der Waals surface area (Å²) in [4.78, 5) is 11.7. The fraction of sp³-hybridized carbons (Fsp3) is 0.969. The van der Waals surface area contributed by atoms with Gasteiger partial charge in [-0.15, -0.1) is 0 Å². The monoisotopic (exact) mass is 480 g/mol. The van der Waals surface area contributed by atoms with Crippen molar-refractivity contribution in [3.63, 3.8) is 0 Å². The van der Waals surface area contributed by atoms with Crippen LogP contribution >= 0.6 is 0 Å². The highest BCUT2D eigenvalue weighted by molar-refractivity contribution is 5.78. The molecule has 0 aromatic rings. The van der Waals surface area contributed by atoms with Gasteiger partial charge in [0.05, 0.1) is 6.10 Å². The Hall–Kier alpha value is -0.370. The predicted octanol–water partition coefficient (Wildman–Crippen LogP) is 10.9. The van der Waals surface area contributed by atoms with Gasteiger partial charge >= 0.3 is 0 Å². The second-order valence-corrected chi connectivity index (χ2v) is 11.0. The molecule has 0 bridgehead atoms. The first-order valence-corrected chi connectivity index (χ1v) is 15.9. The van der Waals surface area contributed by atoms with Gasteiger partial charge in [-0.3, -0.25) is 4.79 Å². The van der Waals surface area contributed by atoms with Crippen LogP contribution in [0.25, 0.3) is 0 Å². The minimum Gasteiger partial charge on any atom is -0.393 e. The largest absolute Gasteiger partial charge is 0.393 e. The first-order chi connectivity index (χ1) is 16.7. The molecular weight excluding hydrogens is 416 g/mol. The van der Waals surface area contributed by atoms with Gasteiger partial charge in [-0.25, -0.2) is 0 Å². The van der Waals surface area contributed by atoms with Gasteiger partial charge in [-0.2, -0.15) is 0 Å². The number of unbranched alkanes of at least 4 members (excludes halogenated alkanes) is 21. The maximum absolute atomic E-state index is 11.7. The van der Waals surface area contributed by atoms with Crippen molar-refractivity contribution in [2.24, 2.45) is 0 Å². The Morgan fingerprint density at radius 1 is 0.441 bits per heavy atom. The Bertz CT molecular complexity index is 392. The molecule has 0 saturated carbocycles. The number of carbonyl (C=O) groups excluding carboxylic acids is 1. The minimum atomic E-state index is -0.0441. The second kappa shape index (κ2) is 28.9. The molecule has 0 saturated heterocycles. The standard InChI is InChI=1S/C32H64O2/c1-3-5-7-20-24-28-32(34)30-26-22-19-17-15-13-11-9-8-10-12-14-16-18-21-25-29-31(33)27-23-6-4-2/h32,34H,3-30H2,1-2H3. The van der Waals surface area contributed by atoms with E-state index >= 15 is 0 Å². The molecule has 204 valence electrons. The lowest BCUT2D eigenvalue weighted by molar-refractivity contribution is -0.119. The molecule has 0 rings (SSSR count). The molecule has 0 radical (unpaired) electrons. The molecule has 0 aromatic carbocycles. The van der Waals surface area contributed by atoms with Gasteiger partial charge < -0.3 is 5.11 Å². The first kappa shape index (κ1) is 33.6. The summed E-state index contributed by atoms with van der Waals surface area (Å²) in [6.45, 7) is 4.45. The Kier molecular flexibility index (Phi) is 28.6. The highest BCUT2D eigenvalue weighted by Crippen LogP contribution is 2.16. The van der Waals surface area contributed by atoms with Gasteiger partial charge in [0.15, 0.2) is 0 Å². The van der Waals surface area contributed by atoms with E-state index in [4.69, 9.17) is 0 Å². The maximum Gasteiger partial charge on any atom is 0.132 e. The van der Waals surface area contributed by atoms with Gasteiger partial charge in [0, 0.05) is 12.8 Å². The van der Waals surface area contributed by atoms with Crippen molar-refractivity contribution in [1.82, 2.24) is 0 Å². The quantitative estimate of drug-likeness (QED) is 0.108. The van der Waals surface area contributed by atoms with E-state index in [1.807, 2.05) is 0 Å². The molecule has 1 unspecified atom stereocenters. The molecule has 0 aliphatic rings. The van der Waals surface area contributed by atoms with E-state index in [2.05, 4.69) is 13.8 Å². The van der Waals surface area contributed by atoms with E-state index in [-0.39, 0.29) is 6.10 Å². The van der Waals surface area contributed by atoms with Crippen LogP contribution in [-0.2, 0) is 4.79 Å². The third kappa shape index (κ3) is 27.9. The Labute approximate surface area is 215 Å². The van der Waals surface area contributed by atoms with E-state index < -0.39 is 0 Å². The van der Waals surface area contributed by atoms with Crippen molar-refractivity contribution in [3.8, 4) is 0 Å². The molecule has 1 atom stereocenters. The van der Waals surface area contributed by atoms with Gasteiger partial charge in [0.25, 0.3) is 0 Å². The number of carbonyl (C=O) groups is 1. The van der Waals surface area contributed by atoms with Crippen molar-refractivity contribution < 1.29 is 9.90 Å². The number of Topliss-reactive ketones (excluding diaryl/α,β-unsaturated/α-hetero) is 1. The predicted molar refractivity (Wildman–Crippen MR) is 152 cm³/mol. The maximum atomic E-state index is 11.7. The zero-order chi connectivity index (χ0) is 25.0. The molecule has 0 amide bonds. The zero-order valence-electron chi connectivity index (χ0n) is 23.7. The molecule has 0 aliphatic carbocycles. The second-order valence-electron chi connectivity index (χ2n) is 11.0. The summed E-state index contributed by atoms with van der Waals surface area (Å²) in [7, 11) is 0. The minimum absolute atomic E-state index is 0.0441. The number of ketones is 1. The van der Waals surface area contributed by atoms with Crippen molar-refractivity contribution in [2.45, 2.75) is 200 Å². The van der Waals surface area contributed by atoms with Crippen LogP contribution in [0.15, 0.2) is 0 Å². The molecular formula is C32H64O2. The van der Waals surface area contributed by atoms with Crippen LogP contribution in [0.5, 0.6) is 0 Å². The van der Waals surface area contributed by atoms with Gasteiger partial charge in [-0.05, 0) is 25.7 Å². The topological polar surface area (TPSA) is 37.3 Å². The van der Waals surface area contributed by atoms with Crippen LogP contribution < -0.4 is 0 Å². The van der Waals surface area contributed by atoms with E-state index in [0.717, 1.165) is 38.5 Å². The summed E-state index contributed by atoms with van der Waals surface area (Å²) in [5.74, 6) is 0.493. The number of hydrogen-bond donors (Lipinski definition) is 1. The van der Waals surface area contributed by atoms with Crippen molar-refractivity contribution in [2.75, 3.05) is 0 Å². The highest BCUT2D eigenvalue weighted by Gasteiger charge is 2.04. The molecule has 0 aromatic heterocycles. The van der Waals surface area contributed by atoms with Crippen LogP contribution in [0, 0.1) is 0 Å². The van der Waals surface area contributed by atoms with Crippen LogP contribution in [-0.4, -0.2) is 17.0 Å².